The summed E-state index contributed by atoms with van der Waals surface area (Å²) in [7, 11) is -2.64. The zero-order chi connectivity index (χ0) is 18.4. The molecule has 0 aromatic heterocycles. The predicted molar refractivity (Wildman–Crippen MR) is 95.7 cm³/mol. The number of benzene rings is 2. The molecule has 0 amide bonds. The van der Waals surface area contributed by atoms with Crippen molar-refractivity contribution >= 4 is 33.9 Å². The number of hydrogen-bond donors (Lipinski definition) is 1. The highest BCUT2D eigenvalue weighted by molar-refractivity contribution is 7.98. The maximum atomic E-state index is 12.4. The molecule has 8 heteroatoms. The summed E-state index contributed by atoms with van der Waals surface area (Å²) in [5.74, 6) is -0.892. The van der Waals surface area contributed by atoms with Gasteiger partial charge in [0.15, 0.2) is 11.5 Å². The summed E-state index contributed by atoms with van der Waals surface area (Å²) in [6.45, 7) is 0. The van der Waals surface area contributed by atoms with Crippen LogP contribution in [0.2, 0.25) is 0 Å². The number of aliphatic carboxylic acids is 1. The van der Waals surface area contributed by atoms with Crippen molar-refractivity contribution in [1.82, 2.24) is 0 Å². The Morgan fingerprint density at radius 1 is 1.12 bits per heavy atom. The van der Waals surface area contributed by atoms with E-state index in [0.717, 1.165) is 11.0 Å². The van der Waals surface area contributed by atoms with E-state index in [4.69, 9.17) is 14.0 Å². The largest absolute Gasteiger partial charge is 0.493 e. The van der Waals surface area contributed by atoms with E-state index in [1.807, 2.05) is 6.26 Å². The van der Waals surface area contributed by atoms with Crippen LogP contribution in [0.25, 0.3) is 6.08 Å². The van der Waals surface area contributed by atoms with E-state index in [1.54, 1.807) is 12.1 Å². The lowest BCUT2D eigenvalue weighted by molar-refractivity contribution is -0.131. The number of carbonyl (C=O) groups is 1. The third-order valence-electron chi connectivity index (χ3n) is 3.15. The summed E-state index contributed by atoms with van der Waals surface area (Å²) in [6, 6.07) is 10.8. The third-order valence-corrected chi connectivity index (χ3v) is 5.15. The molecule has 0 radical (unpaired) electrons. The van der Waals surface area contributed by atoms with E-state index in [-0.39, 0.29) is 16.4 Å². The van der Waals surface area contributed by atoms with Crippen LogP contribution in [-0.4, -0.2) is 32.9 Å². The van der Waals surface area contributed by atoms with E-state index in [1.165, 1.54) is 55.3 Å². The Morgan fingerprint density at radius 2 is 1.80 bits per heavy atom. The van der Waals surface area contributed by atoms with Crippen LogP contribution in [0.5, 0.6) is 11.5 Å². The Labute approximate surface area is 150 Å². The number of methoxy groups -OCH3 is 1. The van der Waals surface area contributed by atoms with Gasteiger partial charge in [0.1, 0.15) is 4.90 Å². The monoisotopic (exact) mass is 380 g/mol. The fraction of sp³-hybridized carbons (Fsp3) is 0.118. The van der Waals surface area contributed by atoms with Gasteiger partial charge in [-0.05, 0) is 54.3 Å². The minimum atomic E-state index is -4.01. The van der Waals surface area contributed by atoms with Crippen LogP contribution in [-0.2, 0) is 14.9 Å². The summed E-state index contributed by atoms with van der Waals surface area (Å²) < 4.78 is 35.1. The Balaban J connectivity index is 2.29. The van der Waals surface area contributed by atoms with Gasteiger partial charge in [0.2, 0.25) is 0 Å². The quantitative estimate of drug-likeness (QED) is 0.448. The zero-order valence-corrected chi connectivity index (χ0v) is 15.1. The fourth-order valence-corrected chi connectivity index (χ4v) is 3.28. The summed E-state index contributed by atoms with van der Waals surface area (Å²) in [6.07, 6.45) is 4.23. The molecular weight excluding hydrogens is 364 g/mol. The molecule has 132 valence electrons. The first-order valence-corrected chi connectivity index (χ1v) is 9.66. The van der Waals surface area contributed by atoms with E-state index in [0.29, 0.717) is 5.56 Å². The average Bonchev–Trinajstić information content (AvgIpc) is 2.60. The minimum Gasteiger partial charge on any atom is -0.493 e. The number of carboxylic acid groups (broad SMARTS) is 1. The van der Waals surface area contributed by atoms with Gasteiger partial charge in [-0.25, -0.2) is 4.79 Å². The highest BCUT2D eigenvalue weighted by Gasteiger charge is 2.19. The number of rotatable bonds is 7. The van der Waals surface area contributed by atoms with Crippen LogP contribution in [0.15, 0.2) is 58.3 Å². The van der Waals surface area contributed by atoms with Crippen molar-refractivity contribution in [1.29, 1.82) is 0 Å². The molecule has 0 aliphatic carbocycles. The van der Waals surface area contributed by atoms with Crippen LogP contribution < -0.4 is 8.92 Å². The van der Waals surface area contributed by atoms with Crippen molar-refractivity contribution in [3.05, 3.63) is 54.1 Å². The molecule has 2 aromatic carbocycles. The van der Waals surface area contributed by atoms with Gasteiger partial charge < -0.3 is 14.0 Å². The maximum absolute atomic E-state index is 12.4. The second-order valence-corrected chi connectivity index (χ2v) is 7.22. The summed E-state index contributed by atoms with van der Waals surface area (Å²) in [5, 5.41) is 8.65. The van der Waals surface area contributed by atoms with Crippen LogP contribution in [0.1, 0.15) is 5.56 Å². The number of hydrogen-bond acceptors (Lipinski definition) is 6. The number of thioether (sulfide) groups is 1. The second kappa shape index (κ2) is 8.09. The lowest BCUT2D eigenvalue weighted by Crippen LogP contribution is -2.10. The Hall–Kier alpha value is -2.45. The summed E-state index contributed by atoms with van der Waals surface area (Å²) >= 11 is 1.50. The van der Waals surface area contributed by atoms with E-state index in [9.17, 15) is 13.2 Å². The molecule has 0 aliphatic heterocycles. The molecular formula is C17H16O6S2. The fourth-order valence-electron chi connectivity index (χ4n) is 1.93. The topological polar surface area (TPSA) is 89.9 Å². The third kappa shape index (κ3) is 5.01. The van der Waals surface area contributed by atoms with Gasteiger partial charge in [0, 0.05) is 11.0 Å². The van der Waals surface area contributed by atoms with Crippen LogP contribution in [0.3, 0.4) is 0 Å². The molecule has 2 rings (SSSR count). The Bertz CT molecular complexity index is 886. The molecule has 0 atom stereocenters. The van der Waals surface area contributed by atoms with Gasteiger partial charge >= 0.3 is 16.1 Å². The number of carboxylic acids is 1. The molecule has 0 saturated heterocycles. The standard InChI is InChI=1S/C17H16O6S2/c1-22-16-11-12(4-10-17(18)19)3-9-15(16)23-25(20,21)14-7-5-13(24-2)6-8-14/h3-11H,1-2H3,(H,18,19). The normalized spacial score (nSPS) is 11.4. The van der Waals surface area contributed by atoms with E-state index >= 15 is 0 Å². The van der Waals surface area contributed by atoms with E-state index in [2.05, 4.69) is 0 Å². The van der Waals surface area contributed by atoms with Gasteiger partial charge in [-0.3, -0.25) is 0 Å². The van der Waals surface area contributed by atoms with Gasteiger partial charge in [-0.15, -0.1) is 11.8 Å². The lowest BCUT2D eigenvalue weighted by atomic mass is 10.2. The first-order valence-electron chi connectivity index (χ1n) is 7.03. The molecule has 0 fully saturated rings. The maximum Gasteiger partial charge on any atom is 0.339 e. The van der Waals surface area contributed by atoms with Crippen molar-refractivity contribution in [2.75, 3.05) is 13.4 Å². The molecule has 0 aliphatic rings. The lowest BCUT2D eigenvalue weighted by Gasteiger charge is -2.11. The molecule has 1 N–H and O–H groups in total. The van der Waals surface area contributed by atoms with Crippen molar-refractivity contribution in [3.8, 4) is 11.5 Å². The summed E-state index contributed by atoms with van der Waals surface area (Å²) in [5.41, 5.74) is 0.535. The van der Waals surface area contributed by atoms with Crippen molar-refractivity contribution in [3.63, 3.8) is 0 Å². The van der Waals surface area contributed by atoms with Crippen molar-refractivity contribution < 1.29 is 27.2 Å². The summed E-state index contributed by atoms with van der Waals surface area (Å²) in [4.78, 5) is 11.5. The predicted octanol–water partition coefficient (Wildman–Crippen LogP) is 3.28. The van der Waals surface area contributed by atoms with Gasteiger partial charge in [-0.1, -0.05) is 6.07 Å². The second-order valence-electron chi connectivity index (χ2n) is 4.79. The Kier molecular flexibility index (Phi) is 6.11. The zero-order valence-electron chi connectivity index (χ0n) is 13.5. The smallest absolute Gasteiger partial charge is 0.339 e. The highest BCUT2D eigenvalue weighted by Crippen LogP contribution is 2.31. The molecule has 2 aromatic rings. The van der Waals surface area contributed by atoms with E-state index < -0.39 is 16.1 Å². The first kappa shape index (κ1) is 18.9. The molecule has 0 bridgehead atoms. The first-order chi connectivity index (χ1) is 11.9. The van der Waals surface area contributed by atoms with Crippen molar-refractivity contribution in [2.24, 2.45) is 0 Å². The molecule has 0 saturated carbocycles. The molecule has 0 heterocycles. The van der Waals surface area contributed by atoms with Crippen LogP contribution in [0.4, 0.5) is 0 Å². The van der Waals surface area contributed by atoms with Gasteiger partial charge in [-0.2, -0.15) is 8.42 Å². The minimum absolute atomic E-state index is 0.0175. The average molecular weight is 380 g/mol. The van der Waals surface area contributed by atoms with Crippen LogP contribution >= 0.6 is 11.8 Å². The van der Waals surface area contributed by atoms with Crippen molar-refractivity contribution in [2.45, 2.75) is 9.79 Å². The SMILES string of the molecule is COc1cc(C=CC(=O)O)ccc1OS(=O)(=O)c1ccc(SC)cc1. The Morgan fingerprint density at radius 3 is 2.36 bits per heavy atom. The number of ether oxygens (including phenoxy) is 1. The molecule has 25 heavy (non-hydrogen) atoms. The van der Waals surface area contributed by atoms with Crippen LogP contribution in [0, 0.1) is 0 Å². The molecule has 6 nitrogen and oxygen atoms in total. The van der Waals surface area contributed by atoms with Gasteiger partial charge in [0.05, 0.1) is 7.11 Å². The van der Waals surface area contributed by atoms with Gasteiger partial charge in [0.25, 0.3) is 0 Å². The molecule has 0 unspecified atom stereocenters. The highest BCUT2D eigenvalue weighted by atomic mass is 32.2. The molecule has 0 spiro atoms.